The minimum atomic E-state index is -0.750. The molecule has 0 radical (unpaired) electrons. The van der Waals surface area contributed by atoms with Crippen molar-refractivity contribution in [2.24, 2.45) is 11.7 Å². The molecule has 0 spiro atoms. The van der Waals surface area contributed by atoms with Crippen LogP contribution in [-0.2, 0) is 26.2 Å². The fraction of sp³-hybridized carbons (Fsp3) is 0.500. The standard InChI is InChI=1S/C26H33N3O4S.ClH.H2S/c27-22(17-21-7-4-16-34-21)23(30)29-14-12-26(13-15-29,19-5-2-1-3-6-19)25(33)28-20-10-8-18(9-11-20)24(31)32;;/h1-7,16,18,20,22H,8-15,17,27H2,(H,28,33)(H,31,32);1H;1H2/t18?,20?,22-;;/m0../s1. The first-order valence-electron chi connectivity index (χ1n) is 12.0. The van der Waals surface area contributed by atoms with Crippen LogP contribution in [0.1, 0.15) is 49.0 Å². The third kappa shape index (κ3) is 6.82. The number of rotatable bonds is 7. The van der Waals surface area contributed by atoms with Crippen molar-refractivity contribution < 1.29 is 19.5 Å². The van der Waals surface area contributed by atoms with Gasteiger partial charge in [0.15, 0.2) is 0 Å². The number of hydrogen-bond donors (Lipinski definition) is 3. The first-order valence-corrected chi connectivity index (χ1v) is 12.9. The van der Waals surface area contributed by atoms with E-state index in [0.717, 1.165) is 10.4 Å². The van der Waals surface area contributed by atoms with Crippen LogP contribution in [0.2, 0.25) is 0 Å². The quantitative estimate of drug-likeness (QED) is 0.486. The lowest BCUT2D eigenvalue weighted by atomic mass is 9.71. The summed E-state index contributed by atoms with van der Waals surface area (Å²) in [6.45, 7) is 0.954. The van der Waals surface area contributed by atoms with Gasteiger partial charge < -0.3 is 21.1 Å². The fourth-order valence-electron chi connectivity index (χ4n) is 5.29. The largest absolute Gasteiger partial charge is 0.481 e. The SMILES string of the molecule is Cl.N[C@@H](Cc1cccs1)C(=O)N1CCC(C(=O)NC2CCC(C(=O)O)CC2)(c2ccccc2)CC1.S. The summed E-state index contributed by atoms with van der Waals surface area (Å²) in [6.07, 6.45) is 4.11. The minimum Gasteiger partial charge on any atom is -0.481 e. The van der Waals surface area contributed by atoms with Gasteiger partial charge in [0.25, 0.3) is 0 Å². The molecule has 2 aromatic rings. The number of carboxylic acids is 1. The van der Waals surface area contributed by atoms with Crippen molar-refractivity contribution in [1.82, 2.24) is 10.2 Å². The van der Waals surface area contributed by atoms with E-state index in [0.29, 0.717) is 58.0 Å². The van der Waals surface area contributed by atoms with Crippen molar-refractivity contribution in [3.63, 3.8) is 0 Å². The maximum absolute atomic E-state index is 13.7. The van der Waals surface area contributed by atoms with Crippen LogP contribution in [0, 0.1) is 5.92 Å². The van der Waals surface area contributed by atoms with Gasteiger partial charge in [-0.2, -0.15) is 13.5 Å². The molecule has 10 heteroatoms. The number of thiophene rings is 1. The van der Waals surface area contributed by atoms with Crippen LogP contribution in [0.5, 0.6) is 0 Å². The molecule has 4 N–H and O–H groups in total. The zero-order valence-electron chi connectivity index (χ0n) is 20.2. The highest BCUT2D eigenvalue weighted by Crippen LogP contribution is 2.37. The van der Waals surface area contributed by atoms with Gasteiger partial charge in [-0.15, -0.1) is 23.7 Å². The van der Waals surface area contributed by atoms with Crippen molar-refractivity contribution in [3.8, 4) is 0 Å². The molecule has 1 aliphatic carbocycles. The average molecular weight is 554 g/mol. The normalized spacial score (nSPS) is 21.9. The smallest absolute Gasteiger partial charge is 0.306 e. The van der Waals surface area contributed by atoms with E-state index >= 15 is 0 Å². The fourth-order valence-corrected chi connectivity index (χ4v) is 6.05. The Morgan fingerprint density at radius 3 is 2.25 bits per heavy atom. The van der Waals surface area contributed by atoms with E-state index in [4.69, 9.17) is 5.73 Å². The van der Waals surface area contributed by atoms with E-state index in [1.165, 1.54) is 0 Å². The third-order valence-electron chi connectivity index (χ3n) is 7.42. The number of carboxylic acid groups (broad SMARTS) is 1. The summed E-state index contributed by atoms with van der Waals surface area (Å²) in [7, 11) is 0. The van der Waals surface area contributed by atoms with Gasteiger partial charge in [0.05, 0.1) is 17.4 Å². The Bertz CT molecular complexity index is 990. The van der Waals surface area contributed by atoms with E-state index in [-0.39, 0.29) is 49.7 Å². The van der Waals surface area contributed by atoms with Gasteiger partial charge in [-0.1, -0.05) is 36.4 Å². The molecule has 2 heterocycles. The van der Waals surface area contributed by atoms with Crippen LogP contribution in [0.3, 0.4) is 0 Å². The Hall–Kier alpha value is -2.07. The Balaban J connectivity index is 0.00000228. The topological polar surface area (TPSA) is 113 Å². The molecule has 4 rings (SSSR count). The van der Waals surface area contributed by atoms with Crippen molar-refractivity contribution >= 4 is 55.0 Å². The zero-order valence-corrected chi connectivity index (χ0v) is 22.9. The molecule has 1 aromatic heterocycles. The Morgan fingerprint density at radius 2 is 1.69 bits per heavy atom. The van der Waals surface area contributed by atoms with Gasteiger partial charge >= 0.3 is 5.97 Å². The molecule has 2 aliphatic rings. The summed E-state index contributed by atoms with van der Waals surface area (Å²) < 4.78 is 0. The van der Waals surface area contributed by atoms with Gasteiger partial charge in [-0.3, -0.25) is 14.4 Å². The lowest BCUT2D eigenvalue weighted by Crippen LogP contribution is -2.56. The van der Waals surface area contributed by atoms with E-state index in [2.05, 4.69) is 5.32 Å². The van der Waals surface area contributed by atoms with E-state index < -0.39 is 17.4 Å². The van der Waals surface area contributed by atoms with Crippen LogP contribution in [0.25, 0.3) is 0 Å². The number of carbonyl (C=O) groups excluding carboxylic acids is 2. The monoisotopic (exact) mass is 553 g/mol. The Labute approximate surface area is 229 Å². The van der Waals surface area contributed by atoms with Crippen LogP contribution in [0.15, 0.2) is 47.8 Å². The number of likely N-dealkylation sites (tertiary alicyclic amines) is 1. The van der Waals surface area contributed by atoms with Gasteiger partial charge in [0.1, 0.15) is 0 Å². The van der Waals surface area contributed by atoms with Gasteiger partial charge in [0, 0.05) is 30.4 Å². The number of nitrogens with one attached hydrogen (secondary N) is 1. The Kier molecular flexibility index (Phi) is 11.3. The van der Waals surface area contributed by atoms with Crippen molar-refractivity contribution in [2.75, 3.05) is 13.1 Å². The molecule has 198 valence electrons. The lowest BCUT2D eigenvalue weighted by Gasteiger charge is -2.42. The van der Waals surface area contributed by atoms with E-state index in [9.17, 15) is 19.5 Å². The molecule has 2 amide bonds. The molecule has 0 unspecified atom stereocenters. The number of nitrogens with zero attached hydrogens (tertiary/aromatic N) is 1. The highest BCUT2D eigenvalue weighted by molar-refractivity contribution is 7.59. The predicted molar refractivity (Wildman–Crippen MR) is 149 cm³/mol. The molecule has 7 nitrogen and oxygen atoms in total. The highest BCUT2D eigenvalue weighted by atomic mass is 35.5. The second-order valence-corrected chi connectivity index (χ2v) is 10.6. The number of piperidine rings is 1. The number of halogens is 1. The summed E-state index contributed by atoms with van der Waals surface area (Å²) in [6, 6.07) is 13.1. The van der Waals surface area contributed by atoms with Crippen LogP contribution < -0.4 is 11.1 Å². The van der Waals surface area contributed by atoms with Gasteiger partial charge in [-0.05, 0) is 55.5 Å². The minimum absolute atomic E-state index is 0. The molecule has 1 atom stereocenters. The molecular formula is C26H36ClN3O4S2. The van der Waals surface area contributed by atoms with E-state index in [1.54, 1.807) is 16.2 Å². The van der Waals surface area contributed by atoms with Crippen molar-refractivity contribution in [3.05, 3.63) is 58.3 Å². The molecular weight excluding hydrogens is 518 g/mol. The summed E-state index contributed by atoms with van der Waals surface area (Å²) in [5.41, 5.74) is 6.48. The first kappa shape index (κ1) is 30.2. The van der Waals surface area contributed by atoms with Crippen molar-refractivity contribution in [2.45, 2.75) is 62.4 Å². The molecule has 1 aromatic carbocycles. The Morgan fingerprint density at radius 1 is 1.06 bits per heavy atom. The van der Waals surface area contributed by atoms with Crippen LogP contribution in [0.4, 0.5) is 0 Å². The second-order valence-electron chi connectivity index (χ2n) is 9.52. The van der Waals surface area contributed by atoms with Crippen molar-refractivity contribution in [1.29, 1.82) is 0 Å². The zero-order chi connectivity index (χ0) is 24.1. The molecule has 1 saturated carbocycles. The molecule has 36 heavy (non-hydrogen) atoms. The van der Waals surface area contributed by atoms with Crippen LogP contribution >= 0.6 is 37.2 Å². The molecule has 1 saturated heterocycles. The average Bonchev–Trinajstić information content (AvgIpc) is 3.37. The lowest BCUT2D eigenvalue weighted by molar-refractivity contribution is -0.143. The molecule has 0 bridgehead atoms. The number of aliphatic carboxylic acids is 1. The summed E-state index contributed by atoms with van der Waals surface area (Å²) in [4.78, 5) is 40.8. The summed E-state index contributed by atoms with van der Waals surface area (Å²) in [5.74, 6) is -1.15. The summed E-state index contributed by atoms with van der Waals surface area (Å²) >= 11 is 1.60. The number of nitrogens with two attached hydrogens (primary N) is 1. The predicted octanol–water partition coefficient (Wildman–Crippen LogP) is 3.47. The number of benzene rings is 1. The maximum atomic E-state index is 13.7. The summed E-state index contributed by atoms with van der Waals surface area (Å²) in [5, 5.41) is 14.5. The maximum Gasteiger partial charge on any atom is 0.306 e. The van der Waals surface area contributed by atoms with E-state index in [1.807, 2.05) is 47.8 Å². The number of amides is 2. The first-order chi connectivity index (χ1) is 16.4. The van der Waals surface area contributed by atoms with Gasteiger partial charge in [0.2, 0.25) is 11.8 Å². The molecule has 2 fully saturated rings. The second kappa shape index (κ2) is 13.5. The number of hydrogen-bond acceptors (Lipinski definition) is 5. The number of carbonyl (C=O) groups is 3. The van der Waals surface area contributed by atoms with Gasteiger partial charge in [-0.25, -0.2) is 0 Å². The van der Waals surface area contributed by atoms with Crippen LogP contribution in [-0.4, -0.2) is 53.0 Å². The highest BCUT2D eigenvalue weighted by Gasteiger charge is 2.45. The third-order valence-corrected chi connectivity index (χ3v) is 8.32. The molecule has 1 aliphatic heterocycles.